The molecule has 4 aromatic rings. The van der Waals surface area contributed by atoms with E-state index in [9.17, 15) is 4.79 Å². The topological polar surface area (TPSA) is 64.7 Å². The van der Waals surface area contributed by atoms with Crippen LogP contribution in [0.3, 0.4) is 0 Å². The van der Waals surface area contributed by atoms with Crippen LogP contribution in [0.2, 0.25) is 0 Å². The first kappa shape index (κ1) is 17.3. The van der Waals surface area contributed by atoms with Crippen LogP contribution in [0.5, 0.6) is 0 Å². The maximum Gasteiger partial charge on any atom is 0.261 e. The Labute approximate surface area is 162 Å². The molecule has 1 aromatic carbocycles. The van der Waals surface area contributed by atoms with Gasteiger partial charge >= 0.3 is 0 Å². The van der Waals surface area contributed by atoms with Gasteiger partial charge in [-0.15, -0.1) is 0 Å². The highest BCUT2D eigenvalue weighted by atomic mass is 16.1. The van der Waals surface area contributed by atoms with Gasteiger partial charge in [-0.25, -0.2) is 4.98 Å². The highest BCUT2D eigenvalue weighted by Gasteiger charge is 2.17. The second-order valence-corrected chi connectivity index (χ2v) is 6.10. The third-order valence-corrected chi connectivity index (χ3v) is 4.12. The van der Waals surface area contributed by atoms with Gasteiger partial charge in [0, 0.05) is 36.9 Å². The maximum atomic E-state index is 12.8. The number of aryl methyl sites for hydroxylation is 1. The van der Waals surface area contributed by atoms with E-state index in [2.05, 4.69) is 27.2 Å². The van der Waals surface area contributed by atoms with Gasteiger partial charge in [-0.3, -0.25) is 9.48 Å². The number of hydrogen-bond donors (Lipinski definition) is 1. The van der Waals surface area contributed by atoms with E-state index >= 15 is 0 Å². The normalized spacial score (nSPS) is 10.2. The Hall–Kier alpha value is -4.11. The molecule has 0 saturated carbocycles. The highest BCUT2D eigenvalue weighted by molar-refractivity contribution is 6.06. The number of anilines is 1. The lowest BCUT2D eigenvalue weighted by atomic mass is 10.2. The molecular weight excluding hydrogens is 350 g/mol. The molecule has 6 heteroatoms. The Morgan fingerprint density at radius 2 is 1.89 bits per heavy atom. The van der Waals surface area contributed by atoms with Crippen molar-refractivity contribution in [2.75, 3.05) is 5.32 Å². The molecule has 0 aliphatic rings. The number of carbonyl (C=O) groups excluding carboxylic acids is 1. The zero-order valence-electron chi connectivity index (χ0n) is 15.2. The van der Waals surface area contributed by atoms with Crippen LogP contribution < -0.4 is 5.32 Å². The molecule has 0 radical (unpaired) electrons. The minimum Gasteiger partial charge on any atom is -0.322 e. The number of rotatable bonds is 3. The number of amides is 1. The van der Waals surface area contributed by atoms with Crippen molar-refractivity contribution in [2.45, 2.75) is 0 Å². The Balaban J connectivity index is 1.56. The van der Waals surface area contributed by atoms with Crippen molar-refractivity contribution >= 4 is 11.6 Å². The van der Waals surface area contributed by atoms with Crippen LogP contribution >= 0.6 is 0 Å². The Bertz CT molecular complexity index is 1160. The molecule has 4 rings (SSSR count). The quantitative estimate of drug-likeness (QED) is 0.565. The van der Waals surface area contributed by atoms with Gasteiger partial charge in [-0.2, -0.15) is 5.10 Å². The minimum absolute atomic E-state index is 0.230. The molecule has 0 atom stereocenters. The molecule has 6 nitrogen and oxygen atoms in total. The van der Waals surface area contributed by atoms with Crippen molar-refractivity contribution in [2.24, 2.45) is 7.05 Å². The van der Waals surface area contributed by atoms with Crippen LogP contribution in [-0.4, -0.2) is 25.2 Å². The summed E-state index contributed by atoms with van der Waals surface area (Å²) in [5, 5.41) is 7.14. The van der Waals surface area contributed by atoms with Gasteiger partial charge in [-0.05, 0) is 48.4 Å². The molecule has 28 heavy (non-hydrogen) atoms. The van der Waals surface area contributed by atoms with Crippen molar-refractivity contribution in [1.82, 2.24) is 19.3 Å². The SMILES string of the molecule is Cn1ncc(C(=O)Nc2cccc(C#Cc3ccccn3)c2)c1-n1cccc1. The first-order chi connectivity index (χ1) is 13.7. The molecule has 136 valence electrons. The average Bonchev–Trinajstić information content (AvgIpc) is 3.37. The largest absolute Gasteiger partial charge is 0.322 e. The first-order valence-corrected chi connectivity index (χ1v) is 8.70. The molecule has 0 unspecified atom stereocenters. The van der Waals surface area contributed by atoms with Crippen LogP contribution in [0.4, 0.5) is 5.69 Å². The molecular formula is C22H17N5O. The van der Waals surface area contributed by atoms with Crippen molar-refractivity contribution in [3.05, 3.63) is 96.2 Å². The molecule has 0 aliphatic carbocycles. The summed E-state index contributed by atoms with van der Waals surface area (Å²) in [5.41, 5.74) is 2.65. The van der Waals surface area contributed by atoms with E-state index in [1.807, 2.05) is 71.6 Å². The fraction of sp³-hybridized carbons (Fsp3) is 0.0455. The molecule has 0 bridgehead atoms. The molecule has 3 aromatic heterocycles. The molecule has 1 N–H and O–H groups in total. The average molecular weight is 367 g/mol. The summed E-state index contributed by atoms with van der Waals surface area (Å²) in [6.45, 7) is 0. The van der Waals surface area contributed by atoms with Gasteiger partial charge in [0.15, 0.2) is 0 Å². The van der Waals surface area contributed by atoms with E-state index in [0.29, 0.717) is 22.8 Å². The van der Waals surface area contributed by atoms with Gasteiger partial charge in [0.05, 0.1) is 6.20 Å². The highest BCUT2D eigenvalue weighted by Crippen LogP contribution is 2.17. The monoisotopic (exact) mass is 367 g/mol. The van der Waals surface area contributed by atoms with Crippen molar-refractivity contribution in [3.8, 4) is 17.7 Å². The summed E-state index contributed by atoms with van der Waals surface area (Å²) >= 11 is 0. The molecule has 0 saturated heterocycles. The van der Waals surface area contributed by atoms with Crippen molar-refractivity contribution in [3.63, 3.8) is 0 Å². The Morgan fingerprint density at radius 1 is 1.04 bits per heavy atom. The number of pyridine rings is 1. The number of nitrogens with one attached hydrogen (secondary N) is 1. The summed E-state index contributed by atoms with van der Waals surface area (Å²) in [4.78, 5) is 17.0. The summed E-state index contributed by atoms with van der Waals surface area (Å²) < 4.78 is 3.53. The molecule has 1 amide bonds. The lowest BCUT2D eigenvalue weighted by molar-refractivity contribution is 0.102. The Kier molecular flexibility index (Phi) is 4.72. The summed E-state index contributed by atoms with van der Waals surface area (Å²) in [5.74, 6) is 6.55. The van der Waals surface area contributed by atoms with Crippen LogP contribution in [-0.2, 0) is 7.05 Å². The van der Waals surface area contributed by atoms with Crippen LogP contribution in [0.15, 0.2) is 79.4 Å². The Morgan fingerprint density at radius 3 is 2.68 bits per heavy atom. The minimum atomic E-state index is -0.230. The third kappa shape index (κ3) is 3.69. The number of benzene rings is 1. The van der Waals surface area contributed by atoms with Crippen molar-refractivity contribution < 1.29 is 4.79 Å². The van der Waals surface area contributed by atoms with Gasteiger partial charge in [0.25, 0.3) is 5.91 Å². The maximum absolute atomic E-state index is 12.8. The second kappa shape index (κ2) is 7.64. The van der Waals surface area contributed by atoms with E-state index in [-0.39, 0.29) is 5.91 Å². The van der Waals surface area contributed by atoms with Gasteiger partial charge in [0.1, 0.15) is 17.1 Å². The number of carbonyl (C=O) groups is 1. The molecule has 0 aliphatic heterocycles. The fourth-order valence-corrected chi connectivity index (χ4v) is 2.82. The van der Waals surface area contributed by atoms with Crippen LogP contribution in [0, 0.1) is 11.8 Å². The zero-order valence-corrected chi connectivity index (χ0v) is 15.2. The predicted molar refractivity (Wildman–Crippen MR) is 107 cm³/mol. The number of nitrogens with zero attached hydrogens (tertiary/aromatic N) is 4. The molecule has 3 heterocycles. The summed E-state index contributed by atoms with van der Waals surface area (Å²) in [7, 11) is 1.81. The fourth-order valence-electron chi connectivity index (χ4n) is 2.82. The zero-order chi connectivity index (χ0) is 19.3. The summed E-state index contributed by atoms with van der Waals surface area (Å²) in [6, 6.07) is 16.8. The molecule has 0 fully saturated rings. The standard InChI is InChI=1S/C22H17N5O/c1-26-22(27-13-4-5-14-27)20(16-24-26)21(28)25-19-9-6-7-17(15-19)10-11-18-8-2-3-12-23-18/h2-9,12-16H,1H3,(H,25,28). The third-order valence-electron chi connectivity index (χ3n) is 4.12. The lowest BCUT2D eigenvalue weighted by Crippen LogP contribution is -2.15. The second-order valence-electron chi connectivity index (χ2n) is 6.10. The smallest absolute Gasteiger partial charge is 0.261 e. The van der Waals surface area contributed by atoms with E-state index < -0.39 is 0 Å². The van der Waals surface area contributed by atoms with E-state index in [1.165, 1.54) is 0 Å². The predicted octanol–water partition coefficient (Wildman–Crippen LogP) is 3.26. The molecule has 0 spiro atoms. The summed E-state index contributed by atoms with van der Waals surface area (Å²) in [6.07, 6.45) is 7.02. The lowest BCUT2D eigenvalue weighted by Gasteiger charge is -2.08. The van der Waals surface area contributed by atoms with Crippen molar-refractivity contribution in [1.29, 1.82) is 0 Å². The van der Waals surface area contributed by atoms with Gasteiger partial charge in [0.2, 0.25) is 0 Å². The van der Waals surface area contributed by atoms with E-state index in [0.717, 1.165) is 5.56 Å². The van der Waals surface area contributed by atoms with Gasteiger partial charge < -0.3 is 9.88 Å². The van der Waals surface area contributed by atoms with E-state index in [4.69, 9.17) is 0 Å². The first-order valence-electron chi connectivity index (χ1n) is 8.70. The van der Waals surface area contributed by atoms with Crippen LogP contribution in [0.25, 0.3) is 5.82 Å². The number of hydrogen-bond acceptors (Lipinski definition) is 3. The van der Waals surface area contributed by atoms with Gasteiger partial charge in [-0.1, -0.05) is 18.1 Å². The van der Waals surface area contributed by atoms with Crippen LogP contribution in [0.1, 0.15) is 21.6 Å². The van der Waals surface area contributed by atoms with E-state index in [1.54, 1.807) is 24.1 Å². The number of aromatic nitrogens is 4.